The second-order valence-electron chi connectivity index (χ2n) is 6.82. The van der Waals surface area contributed by atoms with Crippen LogP contribution in [0.5, 0.6) is 0 Å². The minimum Gasteiger partial charge on any atom is -0.454 e. The Morgan fingerprint density at radius 2 is 0.931 bits per heavy atom. The SMILES string of the molecule is C(=Nc1ccc2ccccc2c1)c1ccc(C=Nc2ccc3ccccc3c2)o1. The van der Waals surface area contributed by atoms with Crippen LogP contribution in [0.3, 0.4) is 0 Å². The summed E-state index contributed by atoms with van der Waals surface area (Å²) in [5.74, 6) is 1.39. The van der Waals surface area contributed by atoms with E-state index in [9.17, 15) is 0 Å². The van der Waals surface area contributed by atoms with Crippen molar-refractivity contribution in [2.24, 2.45) is 9.98 Å². The highest BCUT2D eigenvalue weighted by molar-refractivity contribution is 5.89. The van der Waals surface area contributed by atoms with Crippen LogP contribution in [0.2, 0.25) is 0 Å². The van der Waals surface area contributed by atoms with Crippen LogP contribution in [0.25, 0.3) is 21.5 Å². The van der Waals surface area contributed by atoms with E-state index in [-0.39, 0.29) is 0 Å². The summed E-state index contributed by atoms with van der Waals surface area (Å²) in [4.78, 5) is 9.06. The van der Waals surface area contributed by atoms with Crippen LogP contribution in [-0.4, -0.2) is 12.4 Å². The minimum atomic E-state index is 0.693. The van der Waals surface area contributed by atoms with E-state index in [0.29, 0.717) is 11.5 Å². The third kappa shape index (κ3) is 3.85. The van der Waals surface area contributed by atoms with E-state index < -0.39 is 0 Å². The molecule has 0 unspecified atom stereocenters. The summed E-state index contributed by atoms with van der Waals surface area (Å²) in [7, 11) is 0. The van der Waals surface area contributed by atoms with Crippen molar-refractivity contribution in [2.45, 2.75) is 0 Å². The highest BCUT2D eigenvalue weighted by Crippen LogP contribution is 2.22. The number of hydrogen-bond donors (Lipinski definition) is 0. The third-order valence-electron chi connectivity index (χ3n) is 4.80. The van der Waals surface area contributed by atoms with Crippen LogP contribution in [-0.2, 0) is 0 Å². The molecule has 5 rings (SSSR count). The largest absolute Gasteiger partial charge is 0.454 e. The number of fused-ring (bicyclic) bond motifs is 2. The van der Waals surface area contributed by atoms with Gasteiger partial charge in [-0.3, -0.25) is 9.98 Å². The van der Waals surface area contributed by atoms with Crippen LogP contribution in [0.15, 0.2) is 111 Å². The first-order chi connectivity index (χ1) is 14.3. The average Bonchev–Trinajstić information content (AvgIpc) is 3.24. The highest BCUT2D eigenvalue weighted by Gasteiger charge is 1.99. The first kappa shape index (κ1) is 17.1. The average molecular weight is 374 g/mol. The molecule has 29 heavy (non-hydrogen) atoms. The maximum Gasteiger partial charge on any atom is 0.145 e. The summed E-state index contributed by atoms with van der Waals surface area (Å²) < 4.78 is 5.80. The Hall–Kier alpha value is -3.98. The Bertz CT molecular complexity index is 1260. The van der Waals surface area contributed by atoms with Crippen LogP contribution < -0.4 is 0 Å². The number of nitrogens with zero attached hydrogens (tertiary/aromatic N) is 2. The van der Waals surface area contributed by atoms with Crippen LogP contribution in [0.4, 0.5) is 11.4 Å². The minimum absolute atomic E-state index is 0.693. The molecular formula is C26H18N2O. The molecule has 3 heteroatoms. The Morgan fingerprint density at radius 1 is 0.483 bits per heavy atom. The smallest absolute Gasteiger partial charge is 0.145 e. The molecule has 0 bridgehead atoms. The van der Waals surface area contributed by atoms with Gasteiger partial charge in [0, 0.05) is 0 Å². The lowest BCUT2D eigenvalue weighted by Gasteiger charge is -1.98. The molecule has 3 nitrogen and oxygen atoms in total. The first-order valence-electron chi connectivity index (χ1n) is 9.49. The van der Waals surface area contributed by atoms with Gasteiger partial charge in [0.15, 0.2) is 0 Å². The zero-order chi connectivity index (χ0) is 19.5. The monoisotopic (exact) mass is 374 g/mol. The van der Waals surface area contributed by atoms with Gasteiger partial charge in [-0.1, -0.05) is 60.7 Å². The third-order valence-corrected chi connectivity index (χ3v) is 4.80. The molecule has 0 saturated heterocycles. The molecule has 0 spiro atoms. The molecule has 0 fully saturated rings. The van der Waals surface area contributed by atoms with Crippen molar-refractivity contribution in [2.75, 3.05) is 0 Å². The molecule has 138 valence electrons. The highest BCUT2D eigenvalue weighted by atomic mass is 16.3. The zero-order valence-electron chi connectivity index (χ0n) is 15.7. The molecule has 0 N–H and O–H groups in total. The fraction of sp³-hybridized carbons (Fsp3) is 0. The zero-order valence-corrected chi connectivity index (χ0v) is 15.7. The van der Waals surface area contributed by atoms with Gasteiger partial charge in [0.2, 0.25) is 0 Å². The Kier molecular flexibility index (Phi) is 4.47. The Labute approximate surface area is 168 Å². The number of hydrogen-bond acceptors (Lipinski definition) is 3. The summed E-state index contributed by atoms with van der Waals surface area (Å²) in [5.41, 5.74) is 1.79. The van der Waals surface area contributed by atoms with Crippen molar-refractivity contribution in [1.29, 1.82) is 0 Å². The van der Waals surface area contributed by atoms with E-state index in [1.807, 2.05) is 48.5 Å². The van der Waals surface area contributed by atoms with Gasteiger partial charge in [0.1, 0.15) is 11.5 Å². The fourth-order valence-corrected chi connectivity index (χ4v) is 3.30. The Morgan fingerprint density at radius 3 is 1.41 bits per heavy atom. The predicted molar refractivity (Wildman–Crippen MR) is 121 cm³/mol. The van der Waals surface area contributed by atoms with Crippen molar-refractivity contribution in [3.8, 4) is 0 Å². The van der Waals surface area contributed by atoms with Crippen LogP contribution in [0.1, 0.15) is 11.5 Å². The van der Waals surface area contributed by atoms with E-state index >= 15 is 0 Å². The molecule has 0 aliphatic carbocycles. The van der Waals surface area contributed by atoms with Gasteiger partial charge in [-0.05, 0) is 57.9 Å². The van der Waals surface area contributed by atoms with Gasteiger partial charge in [-0.15, -0.1) is 0 Å². The number of rotatable bonds is 4. The van der Waals surface area contributed by atoms with Crippen molar-refractivity contribution >= 4 is 45.3 Å². The topological polar surface area (TPSA) is 37.9 Å². The number of furan rings is 1. The fourth-order valence-electron chi connectivity index (χ4n) is 3.30. The van der Waals surface area contributed by atoms with Gasteiger partial charge in [0.05, 0.1) is 23.8 Å². The van der Waals surface area contributed by atoms with Crippen molar-refractivity contribution in [3.63, 3.8) is 0 Å². The van der Waals surface area contributed by atoms with Gasteiger partial charge in [-0.25, -0.2) is 0 Å². The predicted octanol–water partition coefficient (Wildman–Crippen LogP) is 7.09. The molecule has 1 aromatic heterocycles. The van der Waals surface area contributed by atoms with Crippen LogP contribution in [0, 0.1) is 0 Å². The molecule has 4 aromatic carbocycles. The summed E-state index contributed by atoms with van der Waals surface area (Å²) in [6.45, 7) is 0. The van der Waals surface area contributed by atoms with E-state index in [2.05, 4.69) is 58.5 Å². The molecule has 0 radical (unpaired) electrons. The lowest BCUT2D eigenvalue weighted by Crippen LogP contribution is -1.77. The van der Waals surface area contributed by atoms with Crippen molar-refractivity contribution in [3.05, 3.63) is 109 Å². The van der Waals surface area contributed by atoms with E-state index in [1.165, 1.54) is 21.5 Å². The first-order valence-corrected chi connectivity index (χ1v) is 9.49. The summed E-state index contributed by atoms with van der Waals surface area (Å²) in [6.07, 6.45) is 3.47. The quantitative estimate of drug-likeness (QED) is 0.309. The second-order valence-corrected chi connectivity index (χ2v) is 6.82. The molecule has 0 amide bonds. The van der Waals surface area contributed by atoms with Crippen molar-refractivity contribution < 1.29 is 4.42 Å². The molecule has 0 aliphatic rings. The molecule has 0 aliphatic heterocycles. The van der Waals surface area contributed by atoms with Gasteiger partial charge in [0.25, 0.3) is 0 Å². The molecular weight excluding hydrogens is 356 g/mol. The number of aliphatic imine (C=N–C) groups is 2. The van der Waals surface area contributed by atoms with E-state index in [0.717, 1.165) is 11.4 Å². The maximum absolute atomic E-state index is 5.80. The molecule has 1 heterocycles. The van der Waals surface area contributed by atoms with Gasteiger partial charge in [-0.2, -0.15) is 0 Å². The van der Waals surface area contributed by atoms with Gasteiger partial charge >= 0.3 is 0 Å². The molecule has 0 saturated carbocycles. The normalized spacial score (nSPS) is 11.9. The second kappa shape index (κ2) is 7.56. The van der Waals surface area contributed by atoms with E-state index in [1.54, 1.807) is 12.4 Å². The van der Waals surface area contributed by atoms with Crippen molar-refractivity contribution in [1.82, 2.24) is 0 Å². The lowest BCUT2D eigenvalue weighted by molar-refractivity contribution is 0.553. The number of benzene rings is 4. The van der Waals surface area contributed by atoms with E-state index in [4.69, 9.17) is 4.42 Å². The Balaban J connectivity index is 1.32. The summed E-state index contributed by atoms with van der Waals surface area (Å²) in [6, 6.07) is 32.6. The molecule has 5 aromatic rings. The lowest BCUT2D eigenvalue weighted by atomic mass is 10.1. The maximum atomic E-state index is 5.80. The van der Waals surface area contributed by atoms with Gasteiger partial charge < -0.3 is 4.42 Å². The molecule has 0 atom stereocenters. The summed E-state index contributed by atoms with van der Waals surface area (Å²) in [5, 5.41) is 4.75. The van der Waals surface area contributed by atoms with Crippen LogP contribution >= 0.6 is 0 Å². The standard InChI is InChI=1S/C26H18N2O/c1-3-7-21-15-23(11-9-19(21)5-1)27-17-25-13-14-26(29-25)18-28-24-12-10-20-6-2-4-8-22(20)16-24/h1-18H. The summed E-state index contributed by atoms with van der Waals surface area (Å²) >= 11 is 0.